The van der Waals surface area contributed by atoms with Crippen LogP contribution in [-0.4, -0.2) is 11.2 Å². The highest BCUT2D eigenvalue weighted by molar-refractivity contribution is 5.16. The highest BCUT2D eigenvalue weighted by atomic mass is 19.4. The predicted octanol–water partition coefficient (Wildman–Crippen LogP) is 1.78. The van der Waals surface area contributed by atoms with Crippen molar-refractivity contribution in [3.8, 4) is 0 Å². The van der Waals surface area contributed by atoms with E-state index in [9.17, 15) is 17.6 Å². The minimum atomic E-state index is -4.56. The predicted molar refractivity (Wildman–Crippen MR) is 37.2 cm³/mol. The molecular weight excluding hydrogens is 188 g/mol. The zero-order valence-corrected chi connectivity index (χ0v) is 6.35. The maximum atomic E-state index is 12.4. The van der Waals surface area contributed by atoms with Crippen LogP contribution < -0.4 is 5.73 Å². The van der Waals surface area contributed by atoms with E-state index in [-0.39, 0.29) is 5.56 Å². The number of nitrogens with zero attached hydrogens (tertiary/aromatic N) is 1. The van der Waals surface area contributed by atoms with Gasteiger partial charge in [-0.2, -0.15) is 17.6 Å². The van der Waals surface area contributed by atoms with Gasteiger partial charge in [0.05, 0.1) is 0 Å². The smallest absolute Gasteiger partial charge is 0.316 e. The molecule has 0 radical (unpaired) electrons. The molecule has 0 aliphatic rings. The van der Waals surface area contributed by atoms with Gasteiger partial charge in [-0.15, -0.1) is 0 Å². The molecule has 1 rings (SSSR count). The van der Waals surface area contributed by atoms with Crippen molar-refractivity contribution in [1.29, 1.82) is 0 Å². The van der Waals surface area contributed by atoms with Gasteiger partial charge in [0, 0.05) is 6.20 Å². The average Bonchev–Trinajstić information content (AvgIpc) is 2.01. The van der Waals surface area contributed by atoms with Crippen molar-refractivity contribution >= 4 is 0 Å². The number of aromatic nitrogens is 1. The van der Waals surface area contributed by atoms with Crippen LogP contribution in [0.2, 0.25) is 0 Å². The molecule has 0 aromatic carbocycles. The van der Waals surface area contributed by atoms with E-state index in [1.165, 1.54) is 0 Å². The van der Waals surface area contributed by atoms with Gasteiger partial charge in [0.25, 0.3) is 0 Å². The number of alkyl halides is 3. The number of hydrogen-bond donors (Lipinski definition) is 1. The standard InChI is InChI=1S/C7H6F4N2/c8-5-3-4(1-2-13-5)6(12)7(9,10)11/h1-3,6H,12H2. The van der Waals surface area contributed by atoms with Crippen LogP contribution in [-0.2, 0) is 0 Å². The SMILES string of the molecule is NC(c1ccnc(F)c1)C(F)(F)F. The van der Waals surface area contributed by atoms with Crippen LogP contribution in [0.3, 0.4) is 0 Å². The maximum Gasteiger partial charge on any atom is 0.407 e. The lowest BCUT2D eigenvalue weighted by Crippen LogP contribution is -2.28. The number of nitrogens with two attached hydrogens (primary N) is 1. The first-order chi connectivity index (χ1) is 5.91. The van der Waals surface area contributed by atoms with Crippen LogP contribution in [0.1, 0.15) is 11.6 Å². The van der Waals surface area contributed by atoms with Crippen LogP contribution >= 0.6 is 0 Å². The van der Waals surface area contributed by atoms with Crippen LogP contribution in [0.15, 0.2) is 18.3 Å². The van der Waals surface area contributed by atoms with Crippen molar-refractivity contribution in [2.24, 2.45) is 5.73 Å². The second-order valence-corrected chi connectivity index (χ2v) is 2.43. The fourth-order valence-corrected chi connectivity index (χ4v) is 0.800. The molecule has 1 heterocycles. The monoisotopic (exact) mass is 194 g/mol. The maximum absolute atomic E-state index is 12.4. The Morgan fingerprint density at radius 1 is 1.38 bits per heavy atom. The first-order valence-corrected chi connectivity index (χ1v) is 3.35. The molecule has 1 aromatic rings. The van der Waals surface area contributed by atoms with E-state index in [2.05, 4.69) is 4.98 Å². The van der Waals surface area contributed by atoms with E-state index in [0.717, 1.165) is 12.3 Å². The number of pyridine rings is 1. The largest absolute Gasteiger partial charge is 0.407 e. The van der Waals surface area contributed by atoms with Crippen LogP contribution in [0.5, 0.6) is 0 Å². The van der Waals surface area contributed by atoms with Crippen molar-refractivity contribution in [2.45, 2.75) is 12.2 Å². The van der Waals surface area contributed by atoms with Gasteiger partial charge in [0.1, 0.15) is 6.04 Å². The molecule has 0 bridgehead atoms. The van der Waals surface area contributed by atoms with E-state index in [1.54, 1.807) is 0 Å². The summed E-state index contributed by atoms with van der Waals surface area (Å²) < 4.78 is 48.4. The summed E-state index contributed by atoms with van der Waals surface area (Å²) in [7, 11) is 0. The second-order valence-electron chi connectivity index (χ2n) is 2.43. The molecule has 0 fully saturated rings. The third-order valence-corrected chi connectivity index (χ3v) is 1.46. The van der Waals surface area contributed by atoms with Gasteiger partial charge in [0.15, 0.2) is 0 Å². The summed E-state index contributed by atoms with van der Waals surface area (Å²) in [4.78, 5) is 3.11. The number of hydrogen-bond acceptors (Lipinski definition) is 2. The van der Waals surface area contributed by atoms with Crippen LogP contribution in [0, 0.1) is 5.95 Å². The normalized spacial score (nSPS) is 14.2. The first kappa shape index (κ1) is 9.91. The molecule has 2 nitrogen and oxygen atoms in total. The van der Waals surface area contributed by atoms with Gasteiger partial charge >= 0.3 is 6.18 Å². The zero-order valence-electron chi connectivity index (χ0n) is 6.35. The molecule has 0 spiro atoms. The summed E-state index contributed by atoms with van der Waals surface area (Å²) in [5, 5.41) is 0. The molecule has 0 aliphatic carbocycles. The highest BCUT2D eigenvalue weighted by Crippen LogP contribution is 2.29. The minimum absolute atomic E-state index is 0.333. The Bertz CT molecular complexity index is 297. The molecule has 0 amide bonds. The fourth-order valence-electron chi connectivity index (χ4n) is 0.800. The van der Waals surface area contributed by atoms with Gasteiger partial charge in [0.2, 0.25) is 5.95 Å². The van der Waals surface area contributed by atoms with Crippen LogP contribution in [0.4, 0.5) is 17.6 Å². The molecular formula is C7H6F4N2. The molecule has 6 heteroatoms. The van der Waals surface area contributed by atoms with E-state index >= 15 is 0 Å². The van der Waals surface area contributed by atoms with E-state index in [0.29, 0.717) is 6.07 Å². The molecule has 0 saturated heterocycles. The minimum Gasteiger partial charge on any atom is -0.316 e. The molecule has 2 N–H and O–H groups in total. The summed E-state index contributed by atoms with van der Waals surface area (Å²) in [5.74, 6) is -0.975. The van der Waals surface area contributed by atoms with Gasteiger partial charge < -0.3 is 5.73 Å². The lowest BCUT2D eigenvalue weighted by molar-refractivity contribution is -0.149. The molecule has 1 aromatic heterocycles. The molecule has 0 saturated carbocycles. The van der Waals surface area contributed by atoms with Crippen molar-refractivity contribution in [2.75, 3.05) is 0 Å². The van der Waals surface area contributed by atoms with Gasteiger partial charge in [-0.3, -0.25) is 0 Å². The second kappa shape index (κ2) is 3.29. The fraction of sp³-hybridized carbons (Fsp3) is 0.286. The molecule has 13 heavy (non-hydrogen) atoms. The quantitative estimate of drug-likeness (QED) is 0.546. The van der Waals surface area contributed by atoms with Gasteiger partial charge in [-0.25, -0.2) is 4.98 Å². The Morgan fingerprint density at radius 2 is 2.00 bits per heavy atom. The van der Waals surface area contributed by atoms with Gasteiger partial charge in [-0.1, -0.05) is 0 Å². The summed E-state index contributed by atoms with van der Waals surface area (Å²) in [6, 6.07) is -0.468. The van der Waals surface area contributed by atoms with E-state index in [4.69, 9.17) is 5.73 Å². The Balaban J connectivity index is 2.96. The lowest BCUT2D eigenvalue weighted by atomic mass is 10.1. The first-order valence-electron chi connectivity index (χ1n) is 3.35. The zero-order chi connectivity index (χ0) is 10.1. The molecule has 72 valence electrons. The lowest BCUT2D eigenvalue weighted by Gasteiger charge is -2.15. The Labute approximate surface area is 71.4 Å². The third kappa shape index (κ3) is 2.38. The Hall–Kier alpha value is -1.17. The van der Waals surface area contributed by atoms with E-state index in [1.807, 2.05) is 0 Å². The number of halogens is 4. The van der Waals surface area contributed by atoms with Crippen LogP contribution in [0.25, 0.3) is 0 Å². The number of rotatable bonds is 1. The van der Waals surface area contributed by atoms with Crippen molar-refractivity contribution < 1.29 is 17.6 Å². The van der Waals surface area contributed by atoms with Crippen molar-refractivity contribution in [3.05, 3.63) is 29.8 Å². The average molecular weight is 194 g/mol. The Morgan fingerprint density at radius 3 is 2.46 bits per heavy atom. The molecule has 1 unspecified atom stereocenters. The third-order valence-electron chi connectivity index (χ3n) is 1.46. The Kier molecular flexibility index (Phi) is 2.51. The summed E-state index contributed by atoms with van der Waals surface area (Å²) in [6.07, 6.45) is -3.62. The van der Waals surface area contributed by atoms with Crippen molar-refractivity contribution in [1.82, 2.24) is 4.98 Å². The summed E-state index contributed by atoms with van der Waals surface area (Å²) in [6.45, 7) is 0. The summed E-state index contributed by atoms with van der Waals surface area (Å²) >= 11 is 0. The summed E-state index contributed by atoms with van der Waals surface area (Å²) in [5.41, 5.74) is 4.49. The van der Waals surface area contributed by atoms with Crippen molar-refractivity contribution in [3.63, 3.8) is 0 Å². The molecule has 0 aliphatic heterocycles. The van der Waals surface area contributed by atoms with Gasteiger partial charge in [-0.05, 0) is 17.7 Å². The van der Waals surface area contributed by atoms with E-state index < -0.39 is 18.2 Å². The molecule has 1 atom stereocenters. The topological polar surface area (TPSA) is 38.9 Å². The highest BCUT2D eigenvalue weighted by Gasteiger charge is 2.37.